The molecule has 1 aliphatic heterocycles. The van der Waals surface area contributed by atoms with Gasteiger partial charge in [-0.25, -0.2) is 0 Å². The van der Waals surface area contributed by atoms with Gasteiger partial charge in [-0.05, 0) is 39.8 Å². The van der Waals surface area contributed by atoms with Crippen LogP contribution in [0.1, 0.15) is 40.5 Å². The lowest BCUT2D eigenvalue weighted by molar-refractivity contribution is -0.151. The Morgan fingerprint density at radius 2 is 1.86 bits per heavy atom. The molecule has 0 saturated carbocycles. The number of carbonyl (C=O) groups excluding carboxylic acids is 1. The average molecular weight is 299 g/mol. The highest BCUT2D eigenvalue weighted by atomic mass is 16.5. The Balaban J connectivity index is 2.58. The molecule has 0 spiro atoms. The van der Waals surface area contributed by atoms with Crippen LogP contribution < -0.4 is 5.32 Å². The molecule has 0 aromatic carbocycles. The molecule has 1 fully saturated rings. The number of methoxy groups -OCH3 is 1. The van der Waals surface area contributed by atoms with E-state index in [0.29, 0.717) is 6.04 Å². The Hall–Kier alpha value is -0.650. The quantitative estimate of drug-likeness (QED) is 0.685. The Morgan fingerprint density at radius 3 is 2.29 bits per heavy atom. The van der Waals surface area contributed by atoms with Crippen molar-refractivity contribution in [1.82, 2.24) is 15.1 Å². The fourth-order valence-corrected chi connectivity index (χ4v) is 3.06. The highest BCUT2D eigenvalue weighted by Gasteiger charge is 2.42. The number of hydrogen-bond donors (Lipinski definition) is 1. The predicted molar refractivity (Wildman–Crippen MR) is 86.5 cm³/mol. The molecular formula is C16H33N3O2. The van der Waals surface area contributed by atoms with Crippen LogP contribution in [0.2, 0.25) is 0 Å². The summed E-state index contributed by atoms with van der Waals surface area (Å²) < 4.78 is 5.07. The largest absolute Gasteiger partial charge is 0.468 e. The minimum absolute atomic E-state index is 0.106. The number of esters is 1. The van der Waals surface area contributed by atoms with Gasteiger partial charge < -0.3 is 19.9 Å². The molecule has 1 aliphatic rings. The molecule has 21 heavy (non-hydrogen) atoms. The van der Waals surface area contributed by atoms with Gasteiger partial charge in [0.25, 0.3) is 0 Å². The first-order chi connectivity index (χ1) is 9.99. The Bertz CT molecular complexity index is 309. The van der Waals surface area contributed by atoms with Crippen LogP contribution in [-0.2, 0) is 9.53 Å². The number of likely N-dealkylation sites (N-methyl/N-ethyl adjacent to an activating group) is 1. The third kappa shape index (κ3) is 4.94. The number of nitrogens with zero attached hydrogens (tertiary/aromatic N) is 2. The minimum Gasteiger partial charge on any atom is -0.468 e. The highest BCUT2D eigenvalue weighted by molar-refractivity contribution is 5.81. The zero-order valence-corrected chi connectivity index (χ0v) is 14.4. The lowest BCUT2D eigenvalue weighted by atomic mass is 9.87. The molecule has 1 saturated heterocycles. The summed E-state index contributed by atoms with van der Waals surface area (Å²) in [7, 11) is 1.49. The van der Waals surface area contributed by atoms with Crippen LogP contribution in [0.5, 0.6) is 0 Å². The molecule has 0 atom stereocenters. The molecule has 0 unspecified atom stereocenters. The molecule has 1 heterocycles. The first-order valence-electron chi connectivity index (χ1n) is 8.29. The van der Waals surface area contributed by atoms with E-state index >= 15 is 0 Å². The molecule has 1 N–H and O–H groups in total. The second kappa shape index (κ2) is 8.71. The van der Waals surface area contributed by atoms with Gasteiger partial charge in [-0.2, -0.15) is 0 Å². The zero-order chi connectivity index (χ0) is 15.9. The summed E-state index contributed by atoms with van der Waals surface area (Å²) in [6, 6.07) is 0.538. The van der Waals surface area contributed by atoms with Gasteiger partial charge in [-0.15, -0.1) is 0 Å². The van der Waals surface area contributed by atoms with E-state index in [1.54, 1.807) is 0 Å². The number of nitrogens with one attached hydrogen (secondary N) is 1. The minimum atomic E-state index is -0.493. The molecule has 0 amide bonds. The molecule has 124 valence electrons. The van der Waals surface area contributed by atoms with Crippen molar-refractivity contribution in [2.75, 3.05) is 46.4 Å². The Labute approximate surface area is 130 Å². The van der Waals surface area contributed by atoms with Gasteiger partial charge in [0.05, 0.1) is 7.11 Å². The molecule has 0 radical (unpaired) electrons. The van der Waals surface area contributed by atoms with Gasteiger partial charge in [-0.1, -0.05) is 13.8 Å². The smallest absolute Gasteiger partial charge is 0.326 e. The van der Waals surface area contributed by atoms with Crippen molar-refractivity contribution < 1.29 is 9.53 Å². The maximum atomic E-state index is 12.3. The van der Waals surface area contributed by atoms with E-state index in [2.05, 4.69) is 42.8 Å². The van der Waals surface area contributed by atoms with Crippen LogP contribution in [0.3, 0.4) is 0 Å². The van der Waals surface area contributed by atoms with Gasteiger partial charge in [-0.3, -0.25) is 4.79 Å². The van der Waals surface area contributed by atoms with Crippen molar-refractivity contribution in [3.05, 3.63) is 0 Å². The van der Waals surface area contributed by atoms with E-state index < -0.39 is 5.54 Å². The SMILES string of the molecule is CCN(CC)CCNC1(C(=O)OC)CCN(C(C)C)CC1. The molecule has 1 rings (SSSR count). The Kier molecular flexibility index (Phi) is 7.63. The number of carbonyl (C=O) groups is 1. The number of rotatable bonds is 8. The summed E-state index contributed by atoms with van der Waals surface area (Å²) in [6.45, 7) is 14.5. The first kappa shape index (κ1) is 18.4. The third-order valence-electron chi connectivity index (χ3n) is 4.74. The maximum Gasteiger partial charge on any atom is 0.326 e. The summed E-state index contributed by atoms with van der Waals surface area (Å²) in [4.78, 5) is 17.0. The lowest BCUT2D eigenvalue weighted by Crippen LogP contribution is -2.60. The van der Waals surface area contributed by atoms with Gasteiger partial charge in [0.1, 0.15) is 5.54 Å². The van der Waals surface area contributed by atoms with Crippen LogP contribution in [0, 0.1) is 0 Å². The van der Waals surface area contributed by atoms with Crippen LogP contribution >= 0.6 is 0 Å². The first-order valence-corrected chi connectivity index (χ1v) is 8.29. The monoisotopic (exact) mass is 299 g/mol. The van der Waals surface area contributed by atoms with E-state index in [-0.39, 0.29) is 5.97 Å². The molecule has 0 bridgehead atoms. The Morgan fingerprint density at radius 1 is 1.29 bits per heavy atom. The van der Waals surface area contributed by atoms with Crippen molar-refractivity contribution in [2.24, 2.45) is 0 Å². The number of likely N-dealkylation sites (tertiary alicyclic amines) is 1. The standard InChI is InChI=1S/C16H33N3O2/c1-6-18(7-2)13-10-17-16(15(20)21-5)8-11-19(12-9-16)14(3)4/h14,17H,6-13H2,1-5H3. The molecule has 0 aliphatic carbocycles. The molecule has 5 heteroatoms. The molecular weight excluding hydrogens is 266 g/mol. The summed E-state index contributed by atoms with van der Waals surface area (Å²) >= 11 is 0. The summed E-state index contributed by atoms with van der Waals surface area (Å²) in [5, 5.41) is 3.50. The van der Waals surface area contributed by atoms with Crippen LogP contribution in [0.15, 0.2) is 0 Å². The van der Waals surface area contributed by atoms with Crippen molar-refractivity contribution in [3.63, 3.8) is 0 Å². The van der Waals surface area contributed by atoms with Crippen LogP contribution in [0.4, 0.5) is 0 Å². The van der Waals surface area contributed by atoms with E-state index in [1.807, 2.05) is 0 Å². The van der Waals surface area contributed by atoms with E-state index in [0.717, 1.165) is 52.1 Å². The van der Waals surface area contributed by atoms with Gasteiger partial charge >= 0.3 is 5.97 Å². The normalized spacial score (nSPS) is 19.2. The van der Waals surface area contributed by atoms with Crippen molar-refractivity contribution in [1.29, 1.82) is 0 Å². The van der Waals surface area contributed by atoms with Crippen molar-refractivity contribution >= 4 is 5.97 Å². The van der Waals surface area contributed by atoms with Crippen LogP contribution in [-0.4, -0.2) is 73.7 Å². The summed E-state index contributed by atoms with van der Waals surface area (Å²) in [6.07, 6.45) is 1.66. The number of piperidine rings is 1. The molecule has 5 nitrogen and oxygen atoms in total. The maximum absolute atomic E-state index is 12.3. The van der Waals surface area contributed by atoms with Crippen molar-refractivity contribution in [2.45, 2.75) is 52.1 Å². The zero-order valence-electron chi connectivity index (χ0n) is 14.4. The average Bonchev–Trinajstić information content (AvgIpc) is 2.51. The fourth-order valence-electron chi connectivity index (χ4n) is 3.06. The third-order valence-corrected chi connectivity index (χ3v) is 4.74. The van der Waals surface area contributed by atoms with E-state index in [9.17, 15) is 4.79 Å². The lowest BCUT2D eigenvalue weighted by Gasteiger charge is -2.42. The second-order valence-corrected chi connectivity index (χ2v) is 6.16. The van der Waals surface area contributed by atoms with Gasteiger partial charge in [0, 0.05) is 32.2 Å². The topological polar surface area (TPSA) is 44.8 Å². The molecule has 0 aromatic heterocycles. The molecule has 0 aromatic rings. The summed E-state index contributed by atoms with van der Waals surface area (Å²) in [5.41, 5.74) is -0.493. The number of ether oxygens (including phenoxy) is 1. The van der Waals surface area contributed by atoms with E-state index in [4.69, 9.17) is 4.74 Å². The second-order valence-electron chi connectivity index (χ2n) is 6.16. The van der Waals surface area contributed by atoms with Gasteiger partial charge in [0.2, 0.25) is 0 Å². The fraction of sp³-hybridized carbons (Fsp3) is 0.938. The predicted octanol–water partition coefficient (Wildman–Crippen LogP) is 1.33. The van der Waals surface area contributed by atoms with Crippen LogP contribution in [0.25, 0.3) is 0 Å². The van der Waals surface area contributed by atoms with E-state index in [1.165, 1.54) is 7.11 Å². The highest BCUT2D eigenvalue weighted by Crippen LogP contribution is 2.25. The van der Waals surface area contributed by atoms with Crippen molar-refractivity contribution in [3.8, 4) is 0 Å². The summed E-state index contributed by atoms with van der Waals surface area (Å²) in [5.74, 6) is -0.106. The van der Waals surface area contributed by atoms with Gasteiger partial charge in [0.15, 0.2) is 0 Å². The number of hydrogen-bond acceptors (Lipinski definition) is 5.